The highest BCUT2D eigenvalue weighted by Gasteiger charge is 2.11. The number of nitrogens with zero attached hydrogens (tertiary/aromatic N) is 2. The Kier molecular flexibility index (Phi) is 4.66. The molecule has 0 unspecified atom stereocenters. The predicted octanol–water partition coefficient (Wildman–Crippen LogP) is 2.88. The van der Waals surface area contributed by atoms with Crippen molar-refractivity contribution < 1.29 is 4.39 Å². The molecule has 1 N–H and O–H groups in total. The lowest BCUT2D eigenvalue weighted by Crippen LogP contribution is -2.12. The van der Waals surface area contributed by atoms with Crippen LogP contribution in [0.1, 0.15) is 12.5 Å². The molecule has 0 saturated heterocycles. The third kappa shape index (κ3) is 3.27. The van der Waals surface area contributed by atoms with Crippen LogP contribution < -0.4 is 5.32 Å². The molecule has 0 atom stereocenters. The van der Waals surface area contributed by atoms with E-state index in [-0.39, 0.29) is 5.82 Å². The Labute approximate surface area is 110 Å². The Morgan fingerprint density at radius 2 is 2.00 bits per heavy atom. The highest BCUT2D eigenvalue weighted by molar-refractivity contribution is 7.99. The molecule has 5 heteroatoms. The molecular weight excluding hydrogens is 249 g/mol. The second-order valence-electron chi connectivity index (χ2n) is 3.64. The van der Waals surface area contributed by atoms with E-state index < -0.39 is 0 Å². The normalized spacial score (nSPS) is 10.6. The van der Waals surface area contributed by atoms with Gasteiger partial charge in [-0.3, -0.25) is 0 Å². The highest BCUT2D eigenvalue weighted by atomic mass is 32.2. The van der Waals surface area contributed by atoms with Crippen LogP contribution in [0.15, 0.2) is 46.7 Å². The van der Waals surface area contributed by atoms with Crippen molar-refractivity contribution in [2.24, 2.45) is 0 Å². The smallest absolute Gasteiger partial charge is 0.192 e. The average molecular weight is 263 g/mol. The van der Waals surface area contributed by atoms with Crippen molar-refractivity contribution in [3.05, 3.63) is 48.0 Å². The zero-order valence-corrected chi connectivity index (χ0v) is 10.9. The van der Waals surface area contributed by atoms with Crippen molar-refractivity contribution in [2.75, 3.05) is 6.54 Å². The molecule has 0 spiro atoms. The summed E-state index contributed by atoms with van der Waals surface area (Å²) in [6.45, 7) is 3.51. The minimum absolute atomic E-state index is 0.233. The number of benzene rings is 1. The molecule has 0 amide bonds. The fraction of sp³-hybridized carbons (Fsp3) is 0.231. The van der Waals surface area contributed by atoms with Crippen LogP contribution in [0.3, 0.4) is 0 Å². The number of rotatable bonds is 5. The molecule has 0 saturated carbocycles. The van der Waals surface area contributed by atoms with Crippen molar-refractivity contribution in [2.45, 2.75) is 23.5 Å². The van der Waals surface area contributed by atoms with Crippen LogP contribution >= 0.6 is 11.8 Å². The van der Waals surface area contributed by atoms with E-state index in [4.69, 9.17) is 0 Å². The summed E-state index contributed by atoms with van der Waals surface area (Å²) < 4.78 is 13.9. The molecule has 18 heavy (non-hydrogen) atoms. The van der Waals surface area contributed by atoms with Gasteiger partial charge in [-0.2, -0.15) is 0 Å². The number of nitrogens with one attached hydrogen (secondary N) is 1. The van der Waals surface area contributed by atoms with Crippen molar-refractivity contribution in [3.8, 4) is 0 Å². The van der Waals surface area contributed by atoms with Gasteiger partial charge >= 0.3 is 0 Å². The fourth-order valence-electron chi connectivity index (χ4n) is 1.50. The van der Waals surface area contributed by atoms with Crippen LogP contribution in [-0.4, -0.2) is 16.5 Å². The summed E-state index contributed by atoms with van der Waals surface area (Å²) in [5.74, 6) is -0.233. The first-order chi connectivity index (χ1) is 8.81. The van der Waals surface area contributed by atoms with Crippen molar-refractivity contribution in [3.63, 3.8) is 0 Å². The standard InChI is InChI=1S/C13H14FN3S/c1-2-15-9-10-5-3-6-11(14)12(10)18-13-16-7-4-8-17-13/h3-8,15H,2,9H2,1H3. The molecule has 0 aliphatic heterocycles. The molecular formula is C13H14FN3S. The van der Waals surface area contributed by atoms with Crippen LogP contribution in [0.2, 0.25) is 0 Å². The van der Waals surface area contributed by atoms with Gasteiger partial charge in [-0.05, 0) is 36.0 Å². The molecule has 3 nitrogen and oxygen atoms in total. The maximum Gasteiger partial charge on any atom is 0.192 e. The van der Waals surface area contributed by atoms with E-state index in [0.29, 0.717) is 16.6 Å². The SMILES string of the molecule is CCNCc1cccc(F)c1Sc1ncccn1. The van der Waals surface area contributed by atoms with E-state index in [1.165, 1.54) is 17.8 Å². The molecule has 1 aromatic carbocycles. The molecule has 0 bridgehead atoms. The second-order valence-corrected chi connectivity index (χ2v) is 4.62. The maximum atomic E-state index is 13.9. The predicted molar refractivity (Wildman–Crippen MR) is 69.9 cm³/mol. The summed E-state index contributed by atoms with van der Waals surface area (Å²) in [7, 11) is 0. The van der Waals surface area contributed by atoms with Crippen LogP contribution in [-0.2, 0) is 6.54 Å². The van der Waals surface area contributed by atoms with Gasteiger partial charge in [-0.25, -0.2) is 14.4 Å². The summed E-state index contributed by atoms with van der Waals surface area (Å²) >= 11 is 1.25. The van der Waals surface area contributed by atoms with Crippen molar-refractivity contribution in [1.29, 1.82) is 0 Å². The van der Waals surface area contributed by atoms with Gasteiger partial charge in [0.05, 0.1) is 4.90 Å². The minimum atomic E-state index is -0.233. The zero-order valence-electron chi connectivity index (χ0n) is 10.1. The Morgan fingerprint density at radius 1 is 1.22 bits per heavy atom. The average Bonchev–Trinajstić information content (AvgIpc) is 2.41. The van der Waals surface area contributed by atoms with Gasteiger partial charge in [0.1, 0.15) is 5.82 Å². The number of aromatic nitrogens is 2. The molecule has 0 aliphatic rings. The summed E-state index contributed by atoms with van der Waals surface area (Å²) in [6.07, 6.45) is 3.31. The van der Waals surface area contributed by atoms with Crippen LogP contribution in [0.25, 0.3) is 0 Å². The lowest BCUT2D eigenvalue weighted by Gasteiger charge is -2.09. The minimum Gasteiger partial charge on any atom is -0.313 e. The number of hydrogen-bond acceptors (Lipinski definition) is 4. The van der Waals surface area contributed by atoms with Crippen molar-refractivity contribution >= 4 is 11.8 Å². The first-order valence-corrected chi connectivity index (χ1v) is 6.56. The molecule has 0 aliphatic carbocycles. The van der Waals surface area contributed by atoms with Gasteiger partial charge in [0, 0.05) is 18.9 Å². The Hall–Kier alpha value is -1.46. The second kappa shape index (κ2) is 6.47. The lowest BCUT2D eigenvalue weighted by molar-refractivity contribution is 0.591. The third-order valence-electron chi connectivity index (χ3n) is 2.35. The van der Waals surface area contributed by atoms with Crippen LogP contribution in [0.5, 0.6) is 0 Å². The van der Waals surface area contributed by atoms with Gasteiger partial charge in [-0.1, -0.05) is 19.1 Å². The zero-order chi connectivity index (χ0) is 12.8. The first kappa shape index (κ1) is 13.0. The van der Waals surface area contributed by atoms with E-state index >= 15 is 0 Å². The Bertz CT molecular complexity index is 505. The van der Waals surface area contributed by atoms with Gasteiger partial charge in [0.15, 0.2) is 5.16 Å². The van der Waals surface area contributed by atoms with Crippen LogP contribution in [0, 0.1) is 5.82 Å². The van der Waals surface area contributed by atoms with E-state index in [0.717, 1.165) is 12.1 Å². The van der Waals surface area contributed by atoms with Crippen molar-refractivity contribution in [1.82, 2.24) is 15.3 Å². The molecule has 1 heterocycles. The summed E-state index contributed by atoms with van der Waals surface area (Å²) in [5, 5.41) is 3.75. The number of hydrogen-bond donors (Lipinski definition) is 1. The maximum absolute atomic E-state index is 13.9. The van der Waals surface area contributed by atoms with Gasteiger partial charge < -0.3 is 5.32 Å². The largest absolute Gasteiger partial charge is 0.313 e. The summed E-state index contributed by atoms with van der Waals surface area (Å²) in [5.41, 5.74) is 0.925. The van der Waals surface area contributed by atoms with E-state index in [1.54, 1.807) is 24.5 Å². The van der Waals surface area contributed by atoms with Gasteiger partial charge in [0.25, 0.3) is 0 Å². The topological polar surface area (TPSA) is 37.8 Å². The quantitative estimate of drug-likeness (QED) is 0.842. The molecule has 2 aromatic rings. The first-order valence-electron chi connectivity index (χ1n) is 5.74. The third-order valence-corrected chi connectivity index (χ3v) is 3.40. The Balaban J connectivity index is 2.25. The lowest BCUT2D eigenvalue weighted by atomic mass is 10.2. The van der Waals surface area contributed by atoms with E-state index in [2.05, 4.69) is 15.3 Å². The summed E-state index contributed by atoms with van der Waals surface area (Å²) in [6, 6.07) is 6.83. The molecule has 94 valence electrons. The molecule has 1 aromatic heterocycles. The monoisotopic (exact) mass is 263 g/mol. The van der Waals surface area contributed by atoms with Gasteiger partial charge in [-0.15, -0.1) is 0 Å². The summed E-state index contributed by atoms with van der Waals surface area (Å²) in [4.78, 5) is 8.79. The molecule has 0 radical (unpaired) electrons. The van der Waals surface area contributed by atoms with Gasteiger partial charge in [0.2, 0.25) is 0 Å². The Morgan fingerprint density at radius 3 is 2.72 bits per heavy atom. The van der Waals surface area contributed by atoms with E-state index in [1.807, 2.05) is 13.0 Å². The molecule has 2 rings (SSSR count). The molecule has 0 fully saturated rings. The fourth-order valence-corrected chi connectivity index (χ4v) is 2.34. The van der Waals surface area contributed by atoms with Crippen LogP contribution in [0.4, 0.5) is 4.39 Å². The number of halogens is 1. The highest BCUT2D eigenvalue weighted by Crippen LogP contribution is 2.30. The van der Waals surface area contributed by atoms with E-state index in [9.17, 15) is 4.39 Å².